The third kappa shape index (κ3) is 2.59. The van der Waals surface area contributed by atoms with Gasteiger partial charge in [-0.1, -0.05) is 18.2 Å². The molecule has 0 N–H and O–H groups in total. The molecule has 0 aromatic heterocycles. The predicted molar refractivity (Wildman–Crippen MR) is 85.6 cm³/mol. The lowest BCUT2D eigenvalue weighted by molar-refractivity contribution is -0.136. The van der Waals surface area contributed by atoms with Crippen molar-refractivity contribution in [3.8, 4) is 0 Å². The maximum atomic E-state index is 13.6. The highest BCUT2D eigenvalue weighted by Crippen LogP contribution is 2.41. The molecule has 0 radical (unpaired) electrons. The van der Waals surface area contributed by atoms with E-state index in [0.29, 0.717) is 22.5 Å². The van der Waals surface area contributed by atoms with E-state index in [-0.39, 0.29) is 18.9 Å². The van der Waals surface area contributed by atoms with Crippen molar-refractivity contribution >= 4 is 17.6 Å². The summed E-state index contributed by atoms with van der Waals surface area (Å²) in [5, 5.41) is 0. The standard InChI is InChI=1S/C19H13F2NO3/c20-12-6-4-11(5-7-12)15-9-17(23)22(14-3-1-2-13(21)8-14)16-10-25-19(24)18(15)16/h1-8,15H,9-10H2/t15-/m1/s1. The van der Waals surface area contributed by atoms with Crippen LogP contribution in [-0.2, 0) is 14.3 Å². The van der Waals surface area contributed by atoms with E-state index in [1.54, 1.807) is 18.2 Å². The molecule has 0 saturated heterocycles. The molecule has 0 unspecified atom stereocenters. The maximum Gasteiger partial charge on any atom is 0.336 e. The van der Waals surface area contributed by atoms with E-state index < -0.39 is 23.5 Å². The molecule has 2 aliphatic rings. The number of amides is 1. The van der Waals surface area contributed by atoms with Gasteiger partial charge in [-0.05, 0) is 35.9 Å². The Hall–Kier alpha value is -3.02. The monoisotopic (exact) mass is 341 g/mol. The number of hydrogen-bond donors (Lipinski definition) is 0. The summed E-state index contributed by atoms with van der Waals surface area (Å²) >= 11 is 0. The normalized spacial score (nSPS) is 19.9. The van der Waals surface area contributed by atoms with Gasteiger partial charge in [0.05, 0.1) is 17.0 Å². The number of carbonyl (C=O) groups is 2. The van der Waals surface area contributed by atoms with Gasteiger partial charge in [0.15, 0.2) is 0 Å². The van der Waals surface area contributed by atoms with Gasteiger partial charge in [0.25, 0.3) is 0 Å². The van der Waals surface area contributed by atoms with Gasteiger partial charge in [-0.15, -0.1) is 0 Å². The molecule has 1 atom stereocenters. The average Bonchev–Trinajstić information content (AvgIpc) is 2.96. The van der Waals surface area contributed by atoms with Crippen molar-refractivity contribution in [1.29, 1.82) is 0 Å². The maximum absolute atomic E-state index is 13.6. The third-order valence-corrected chi connectivity index (χ3v) is 4.46. The van der Waals surface area contributed by atoms with Gasteiger partial charge in [0.2, 0.25) is 5.91 Å². The molecule has 1 amide bonds. The molecule has 0 bridgehead atoms. The minimum absolute atomic E-state index is 0.0239. The highest BCUT2D eigenvalue weighted by Gasteiger charge is 2.42. The minimum atomic E-state index is -0.502. The SMILES string of the molecule is O=C1OCC2=C1[C@@H](c1ccc(F)cc1)CC(=O)N2c1cccc(F)c1. The van der Waals surface area contributed by atoms with Crippen LogP contribution in [0.2, 0.25) is 0 Å². The first-order valence-electron chi connectivity index (χ1n) is 7.79. The zero-order valence-electron chi connectivity index (χ0n) is 13.0. The number of anilines is 1. The molecule has 25 heavy (non-hydrogen) atoms. The van der Waals surface area contributed by atoms with Crippen molar-refractivity contribution in [3.05, 3.63) is 77.0 Å². The number of halogens is 2. The van der Waals surface area contributed by atoms with E-state index in [1.807, 2.05) is 0 Å². The average molecular weight is 341 g/mol. The molecule has 2 heterocycles. The second kappa shape index (κ2) is 5.81. The first-order valence-corrected chi connectivity index (χ1v) is 7.79. The second-order valence-electron chi connectivity index (χ2n) is 5.95. The summed E-state index contributed by atoms with van der Waals surface area (Å²) in [5.41, 5.74) is 1.81. The molecule has 4 nitrogen and oxygen atoms in total. The van der Waals surface area contributed by atoms with E-state index in [4.69, 9.17) is 4.74 Å². The fourth-order valence-corrected chi connectivity index (χ4v) is 3.35. The number of nitrogens with zero attached hydrogens (tertiary/aromatic N) is 1. The molecule has 0 spiro atoms. The van der Waals surface area contributed by atoms with Crippen molar-refractivity contribution in [1.82, 2.24) is 0 Å². The first kappa shape index (κ1) is 15.5. The van der Waals surface area contributed by atoms with Crippen LogP contribution in [0.25, 0.3) is 0 Å². The summed E-state index contributed by atoms with van der Waals surface area (Å²) in [7, 11) is 0. The van der Waals surface area contributed by atoms with Gasteiger partial charge in [-0.25, -0.2) is 13.6 Å². The number of carbonyl (C=O) groups excluding carboxylic acids is 2. The largest absolute Gasteiger partial charge is 0.456 e. The van der Waals surface area contributed by atoms with Crippen LogP contribution < -0.4 is 4.90 Å². The Balaban J connectivity index is 1.83. The Kier molecular flexibility index (Phi) is 3.60. The molecular weight excluding hydrogens is 328 g/mol. The lowest BCUT2D eigenvalue weighted by Crippen LogP contribution is -2.37. The van der Waals surface area contributed by atoms with Crippen LogP contribution in [0.3, 0.4) is 0 Å². The van der Waals surface area contributed by atoms with Crippen molar-refractivity contribution < 1.29 is 23.1 Å². The summed E-state index contributed by atoms with van der Waals surface area (Å²) in [5.74, 6) is -2.13. The van der Waals surface area contributed by atoms with Crippen LogP contribution in [-0.4, -0.2) is 18.5 Å². The minimum Gasteiger partial charge on any atom is -0.456 e. The lowest BCUT2D eigenvalue weighted by Gasteiger charge is -2.31. The van der Waals surface area contributed by atoms with Gasteiger partial charge in [0.1, 0.15) is 18.2 Å². The number of benzene rings is 2. The molecule has 6 heteroatoms. The van der Waals surface area contributed by atoms with E-state index in [2.05, 4.69) is 0 Å². The number of esters is 1. The number of cyclic esters (lactones) is 1. The van der Waals surface area contributed by atoms with Crippen molar-refractivity contribution in [3.63, 3.8) is 0 Å². The van der Waals surface area contributed by atoms with E-state index in [1.165, 1.54) is 35.2 Å². The Labute approximate surface area is 142 Å². The van der Waals surface area contributed by atoms with E-state index >= 15 is 0 Å². The predicted octanol–water partition coefficient (Wildman–Crippen LogP) is 3.30. The van der Waals surface area contributed by atoms with Gasteiger partial charge < -0.3 is 4.74 Å². The van der Waals surface area contributed by atoms with E-state index in [0.717, 1.165) is 0 Å². The third-order valence-electron chi connectivity index (χ3n) is 4.46. The fraction of sp³-hybridized carbons (Fsp3) is 0.158. The summed E-state index contributed by atoms with van der Waals surface area (Å²) in [4.78, 5) is 26.3. The topological polar surface area (TPSA) is 46.6 Å². The zero-order valence-corrected chi connectivity index (χ0v) is 13.0. The van der Waals surface area contributed by atoms with Gasteiger partial charge in [-0.2, -0.15) is 0 Å². The van der Waals surface area contributed by atoms with Crippen LogP contribution in [0.15, 0.2) is 59.8 Å². The van der Waals surface area contributed by atoms with Crippen molar-refractivity contribution in [2.24, 2.45) is 0 Å². The quantitative estimate of drug-likeness (QED) is 0.788. The van der Waals surface area contributed by atoms with Gasteiger partial charge >= 0.3 is 5.97 Å². The second-order valence-corrected chi connectivity index (χ2v) is 5.95. The fourth-order valence-electron chi connectivity index (χ4n) is 3.35. The molecule has 0 aliphatic carbocycles. The van der Waals surface area contributed by atoms with E-state index in [9.17, 15) is 18.4 Å². The molecular formula is C19H13F2NO3. The summed E-state index contributed by atoms with van der Waals surface area (Å²) < 4.78 is 31.9. The molecule has 126 valence electrons. The Morgan fingerprint density at radius 3 is 2.48 bits per heavy atom. The summed E-state index contributed by atoms with van der Waals surface area (Å²) in [6, 6.07) is 11.3. The Morgan fingerprint density at radius 2 is 1.76 bits per heavy atom. The summed E-state index contributed by atoms with van der Waals surface area (Å²) in [6.07, 6.45) is 0.0239. The van der Waals surface area contributed by atoms with Crippen molar-refractivity contribution in [2.45, 2.75) is 12.3 Å². The highest BCUT2D eigenvalue weighted by molar-refractivity contribution is 6.06. The lowest BCUT2D eigenvalue weighted by atomic mass is 9.84. The smallest absolute Gasteiger partial charge is 0.336 e. The van der Waals surface area contributed by atoms with Crippen LogP contribution in [0.5, 0.6) is 0 Å². The van der Waals surface area contributed by atoms with Crippen LogP contribution in [0.4, 0.5) is 14.5 Å². The van der Waals surface area contributed by atoms with Gasteiger partial charge in [0, 0.05) is 12.3 Å². The number of rotatable bonds is 2. The zero-order chi connectivity index (χ0) is 17.6. The highest BCUT2D eigenvalue weighted by atomic mass is 19.1. The molecule has 2 aliphatic heterocycles. The Morgan fingerprint density at radius 1 is 1.00 bits per heavy atom. The molecule has 2 aromatic carbocycles. The number of ether oxygens (including phenoxy) is 1. The van der Waals surface area contributed by atoms with Crippen LogP contribution >= 0.6 is 0 Å². The molecule has 4 rings (SSSR count). The van der Waals surface area contributed by atoms with Crippen molar-refractivity contribution in [2.75, 3.05) is 11.5 Å². The number of hydrogen-bond acceptors (Lipinski definition) is 3. The molecule has 2 aromatic rings. The first-order chi connectivity index (χ1) is 12.0. The van der Waals surface area contributed by atoms with Crippen LogP contribution in [0, 0.1) is 11.6 Å². The summed E-state index contributed by atoms with van der Waals surface area (Å²) in [6.45, 7) is -0.0475. The molecule has 0 saturated carbocycles. The van der Waals surface area contributed by atoms with Crippen LogP contribution in [0.1, 0.15) is 17.9 Å². The van der Waals surface area contributed by atoms with Gasteiger partial charge in [-0.3, -0.25) is 9.69 Å². The Bertz CT molecular complexity index is 905. The molecule has 0 fully saturated rings.